The molecule has 2 rings (SSSR count). The Morgan fingerprint density at radius 3 is 2.16 bits per heavy atom. The molecule has 0 amide bonds. The van der Waals surface area contributed by atoms with E-state index in [1.54, 1.807) is 10.8 Å². The Labute approximate surface area is 191 Å². The first kappa shape index (κ1) is 26.4. The second-order valence-electron chi connectivity index (χ2n) is 8.67. The van der Waals surface area contributed by atoms with Crippen molar-refractivity contribution in [3.8, 4) is 0 Å². The lowest BCUT2D eigenvalue weighted by molar-refractivity contribution is 0.264. The summed E-state index contributed by atoms with van der Waals surface area (Å²) in [6.45, 7) is 18.8. The van der Waals surface area contributed by atoms with Crippen molar-refractivity contribution >= 4 is 5.57 Å². The molecule has 0 saturated heterocycles. The Hall–Kier alpha value is -2.61. The van der Waals surface area contributed by atoms with Gasteiger partial charge in [-0.05, 0) is 55.2 Å². The normalized spacial score (nSPS) is 12.2. The molecule has 2 nitrogen and oxygen atoms in total. The molecule has 31 heavy (non-hydrogen) atoms. The Balaban J connectivity index is 0.000000311. The van der Waals surface area contributed by atoms with Gasteiger partial charge in [0.25, 0.3) is 0 Å². The summed E-state index contributed by atoms with van der Waals surface area (Å²) in [4.78, 5) is 0. The summed E-state index contributed by atoms with van der Waals surface area (Å²) in [6, 6.07) is 10.9. The molecule has 2 aromatic rings. The first-order chi connectivity index (χ1) is 14.8. The van der Waals surface area contributed by atoms with Crippen LogP contribution >= 0.6 is 0 Å². The Bertz CT molecular complexity index is 859. The summed E-state index contributed by atoms with van der Waals surface area (Å²) in [5, 5.41) is 4.18. The van der Waals surface area contributed by atoms with Gasteiger partial charge in [0.15, 0.2) is 0 Å². The fourth-order valence-electron chi connectivity index (χ4n) is 4.25. The molecule has 0 bridgehead atoms. The summed E-state index contributed by atoms with van der Waals surface area (Å²) in [5.41, 5.74) is 6.36. The van der Waals surface area contributed by atoms with Gasteiger partial charge in [-0.25, -0.2) is 0 Å². The standard InChI is InChI=1S/C15H24.C14H18N2/c1-4-11-15(3,12-5-2)13-14-9-7-6-8-10-14;1-6-8-14(13(7-2)11(3)4)12-9-15-16(5)10-12/h6-10H,4-5,11-13H2,1-3H3;6-10H,1,3H2,2,4-5H3/b;13-7-,14-8-. The Morgan fingerprint density at radius 1 is 1.13 bits per heavy atom. The molecule has 0 aliphatic heterocycles. The quantitative estimate of drug-likeness (QED) is 0.354. The van der Waals surface area contributed by atoms with Crippen LogP contribution in [-0.2, 0) is 13.5 Å². The summed E-state index contributed by atoms with van der Waals surface area (Å²) in [6.07, 6.45) is 16.2. The first-order valence-corrected chi connectivity index (χ1v) is 11.5. The zero-order valence-corrected chi connectivity index (χ0v) is 20.6. The van der Waals surface area contributed by atoms with E-state index in [1.807, 2.05) is 39.4 Å². The lowest BCUT2D eigenvalue weighted by Crippen LogP contribution is -2.19. The highest BCUT2D eigenvalue weighted by atomic mass is 15.2. The minimum atomic E-state index is 0.505. The maximum absolute atomic E-state index is 4.18. The van der Waals surface area contributed by atoms with Crippen LogP contribution in [0, 0.1) is 5.41 Å². The zero-order chi connectivity index (χ0) is 23.3. The molecule has 2 heteroatoms. The van der Waals surface area contributed by atoms with Gasteiger partial charge in [0.2, 0.25) is 0 Å². The average molecular weight is 419 g/mol. The zero-order valence-electron chi connectivity index (χ0n) is 20.6. The molecule has 0 unspecified atom stereocenters. The minimum Gasteiger partial charge on any atom is -0.275 e. The molecule has 0 atom stereocenters. The maximum atomic E-state index is 4.18. The van der Waals surface area contributed by atoms with E-state index in [0.717, 1.165) is 22.3 Å². The third-order valence-corrected chi connectivity index (χ3v) is 5.52. The molecule has 1 aromatic carbocycles. The molecule has 0 aliphatic rings. The molecule has 0 N–H and O–H groups in total. The van der Waals surface area contributed by atoms with E-state index in [1.165, 1.54) is 37.7 Å². The second-order valence-corrected chi connectivity index (χ2v) is 8.67. The van der Waals surface area contributed by atoms with E-state index in [4.69, 9.17) is 0 Å². The SMILES string of the molecule is C=C/C=C(\C(=C/C)C(=C)C)c1cnn(C)c1.CCCC(C)(CCC)Cc1ccccc1. The number of nitrogens with zero attached hydrogens (tertiary/aromatic N) is 2. The van der Waals surface area contributed by atoms with Crippen molar-refractivity contribution in [3.05, 3.63) is 96.4 Å². The average Bonchev–Trinajstić information content (AvgIpc) is 3.15. The van der Waals surface area contributed by atoms with Gasteiger partial charge in [0.1, 0.15) is 0 Å². The molecule has 168 valence electrons. The highest BCUT2D eigenvalue weighted by Crippen LogP contribution is 2.33. The van der Waals surface area contributed by atoms with Crippen molar-refractivity contribution in [3.63, 3.8) is 0 Å². The number of hydrogen-bond donors (Lipinski definition) is 0. The van der Waals surface area contributed by atoms with Crippen LogP contribution in [0.25, 0.3) is 5.57 Å². The first-order valence-electron chi connectivity index (χ1n) is 11.5. The van der Waals surface area contributed by atoms with Crippen molar-refractivity contribution in [2.24, 2.45) is 12.5 Å². The maximum Gasteiger partial charge on any atom is 0.0568 e. The van der Waals surface area contributed by atoms with E-state index >= 15 is 0 Å². The topological polar surface area (TPSA) is 17.8 Å². The molecule has 0 spiro atoms. The number of benzene rings is 1. The molecule has 0 saturated carbocycles. The van der Waals surface area contributed by atoms with E-state index < -0.39 is 0 Å². The van der Waals surface area contributed by atoms with Gasteiger partial charge in [0.05, 0.1) is 6.20 Å². The van der Waals surface area contributed by atoms with Crippen LogP contribution in [0.2, 0.25) is 0 Å². The van der Waals surface area contributed by atoms with Crippen molar-refractivity contribution in [2.75, 3.05) is 0 Å². The third-order valence-electron chi connectivity index (χ3n) is 5.52. The predicted octanol–water partition coefficient (Wildman–Crippen LogP) is 8.35. The lowest BCUT2D eigenvalue weighted by Gasteiger charge is -2.29. The fourth-order valence-corrected chi connectivity index (χ4v) is 4.25. The largest absolute Gasteiger partial charge is 0.275 e. The van der Waals surface area contributed by atoms with Crippen molar-refractivity contribution in [2.45, 2.75) is 66.7 Å². The van der Waals surface area contributed by atoms with Crippen molar-refractivity contribution in [1.29, 1.82) is 0 Å². The summed E-state index contributed by atoms with van der Waals surface area (Å²) in [7, 11) is 1.91. The van der Waals surface area contributed by atoms with Gasteiger partial charge in [-0.1, -0.05) is 101 Å². The van der Waals surface area contributed by atoms with Crippen LogP contribution in [0.15, 0.2) is 85.3 Å². The predicted molar refractivity (Wildman–Crippen MR) is 138 cm³/mol. The second kappa shape index (κ2) is 13.6. The fraction of sp³-hybridized carbons (Fsp3) is 0.414. The summed E-state index contributed by atoms with van der Waals surface area (Å²) in [5.74, 6) is 0. The number of hydrogen-bond acceptors (Lipinski definition) is 1. The molecule has 0 radical (unpaired) electrons. The summed E-state index contributed by atoms with van der Waals surface area (Å²) < 4.78 is 1.79. The van der Waals surface area contributed by atoms with Crippen LogP contribution in [0.4, 0.5) is 0 Å². The van der Waals surface area contributed by atoms with Crippen LogP contribution in [0.3, 0.4) is 0 Å². The van der Waals surface area contributed by atoms with Gasteiger partial charge in [-0.3, -0.25) is 4.68 Å². The van der Waals surface area contributed by atoms with E-state index in [-0.39, 0.29) is 0 Å². The van der Waals surface area contributed by atoms with E-state index in [2.05, 4.69) is 75.4 Å². The number of aromatic nitrogens is 2. The molecule has 0 aliphatic carbocycles. The highest BCUT2D eigenvalue weighted by molar-refractivity contribution is 5.83. The third kappa shape index (κ3) is 8.96. The van der Waals surface area contributed by atoms with Gasteiger partial charge < -0.3 is 0 Å². The lowest BCUT2D eigenvalue weighted by atomic mass is 9.76. The smallest absolute Gasteiger partial charge is 0.0568 e. The molecule has 0 fully saturated rings. The summed E-state index contributed by atoms with van der Waals surface area (Å²) >= 11 is 0. The Kier molecular flexibility index (Phi) is 11.6. The van der Waals surface area contributed by atoms with Crippen molar-refractivity contribution in [1.82, 2.24) is 9.78 Å². The van der Waals surface area contributed by atoms with Crippen LogP contribution in [-0.4, -0.2) is 9.78 Å². The van der Waals surface area contributed by atoms with Crippen LogP contribution < -0.4 is 0 Å². The van der Waals surface area contributed by atoms with E-state index in [9.17, 15) is 0 Å². The monoisotopic (exact) mass is 418 g/mol. The van der Waals surface area contributed by atoms with Gasteiger partial charge in [-0.15, -0.1) is 0 Å². The molecule has 1 heterocycles. The molecule has 1 aromatic heterocycles. The van der Waals surface area contributed by atoms with Crippen LogP contribution in [0.1, 0.15) is 71.4 Å². The van der Waals surface area contributed by atoms with Gasteiger partial charge in [0, 0.05) is 18.8 Å². The van der Waals surface area contributed by atoms with Crippen molar-refractivity contribution < 1.29 is 0 Å². The molecular formula is C29H42N2. The van der Waals surface area contributed by atoms with Crippen LogP contribution in [0.5, 0.6) is 0 Å². The molecular weight excluding hydrogens is 376 g/mol. The number of aryl methyl sites for hydroxylation is 1. The van der Waals surface area contributed by atoms with Gasteiger partial charge in [-0.2, -0.15) is 5.10 Å². The van der Waals surface area contributed by atoms with E-state index in [0.29, 0.717) is 5.41 Å². The Morgan fingerprint density at radius 2 is 1.74 bits per heavy atom. The highest BCUT2D eigenvalue weighted by Gasteiger charge is 2.22. The number of rotatable bonds is 10. The minimum absolute atomic E-state index is 0.505. The number of allylic oxidation sites excluding steroid dienone is 6. The van der Waals surface area contributed by atoms with Gasteiger partial charge >= 0.3 is 0 Å².